The molecule has 3 N–H and O–H groups in total. The molecule has 2 unspecified atom stereocenters. The lowest BCUT2D eigenvalue weighted by molar-refractivity contribution is -0.136. The fourth-order valence-electron chi connectivity index (χ4n) is 3.83. The molecule has 3 rings (SSSR count). The van der Waals surface area contributed by atoms with E-state index in [0.717, 1.165) is 16.7 Å². The Bertz CT molecular complexity index is 1020. The zero-order valence-corrected chi connectivity index (χ0v) is 19.1. The fraction of sp³-hybridized carbons (Fsp3) is 0.400. The van der Waals surface area contributed by atoms with Crippen LogP contribution in [0.3, 0.4) is 0 Å². The molecule has 3 atom stereocenters. The van der Waals surface area contributed by atoms with Crippen molar-refractivity contribution in [2.75, 3.05) is 5.01 Å². The van der Waals surface area contributed by atoms with E-state index in [-0.39, 0.29) is 17.7 Å². The van der Waals surface area contributed by atoms with Crippen LogP contribution in [-0.2, 0) is 14.4 Å². The Morgan fingerprint density at radius 2 is 1.50 bits per heavy atom. The Kier molecular flexibility index (Phi) is 6.99. The second-order valence-corrected chi connectivity index (χ2v) is 8.89. The zero-order valence-electron chi connectivity index (χ0n) is 19.1. The van der Waals surface area contributed by atoms with Gasteiger partial charge in [0.15, 0.2) is 0 Å². The van der Waals surface area contributed by atoms with Crippen molar-refractivity contribution in [3.63, 3.8) is 0 Å². The predicted octanol–water partition coefficient (Wildman–Crippen LogP) is 2.99. The highest BCUT2D eigenvalue weighted by Gasteiger charge is 2.35. The van der Waals surface area contributed by atoms with Crippen molar-refractivity contribution in [3.05, 3.63) is 54.1 Å². The first kappa shape index (κ1) is 23.5. The van der Waals surface area contributed by atoms with Crippen LogP contribution >= 0.6 is 0 Å². The van der Waals surface area contributed by atoms with Gasteiger partial charge in [0, 0.05) is 5.56 Å². The lowest BCUT2D eigenvalue weighted by Crippen LogP contribution is -2.58. The number of anilines is 1. The van der Waals surface area contributed by atoms with E-state index in [0.29, 0.717) is 5.69 Å². The first-order chi connectivity index (χ1) is 15.1. The molecule has 32 heavy (non-hydrogen) atoms. The molecule has 0 fully saturated rings. The van der Waals surface area contributed by atoms with E-state index in [1.54, 1.807) is 33.8 Å². The van der Waals surface area contributed by atoms with E-state index in [4.69, 9.17) is 0 Å². The van der Waals surface area contributed by atoms with Gasteiger partial charge in [0.1, 0.15) is 12.1 Å². The predicted molar refractivity (Wildman–Crippen MR) is 124 cm³/mol. The molecule has 1 aliphatic heterocycles. The van der Waals surface area contributed by atoms with Crippen LogP contribution in [0.2, 0.25) is 0 Å². The molecular weight excluding hydrogens is 406 g/mol. The number of nitrogens with zero attached hydrogens (tertiary/aromatic N) is 1. The SMILES string of the molecule is CC1C(=O)N(NC(=O)[C@@H](NC(=O)C(O)C(C)C)C(C)C)c2ccccc2-c2ccccc21. The van der Waals surface area contributed by atoms with E-state index in [2.05, 4.69) is 10.7 Å². The fourth-order valence-corrected chi connectivity index (χ4v) is 3.83. The molecule has 0 aliphatic carbocycles. The number of fused-ring (bicyclic) bond motifs is 3. The van der Waals surface area contributed by atoms with Gasteiger partial charge in [0.05, 0.1) is 11.6 Å². The summed E-state index contributed by atoms with van der Waals surface area (Å²) >= 11 is 0. The monoisotopic (exact) mass is 437 g/mol. The van der Waals surface area contributed by atoms with Crippen LogP contribution in [-0.4, -0.2) is 35.0 Å². The maximum atomic E-state index is 13.4. The number of amides is 3. The minimum absolute atomic E-state index is 0.259. The second kappa shape index (κ2) is 9.53. The Balaban J connectivity index is 1.94. The topological polar surface area (TPSA) is 98.7 Å². The Morgan fingerprint density at radius 3 is 2.12 bits per heavy atom. The molecule has 0 saturated carbocycles. The number of para-hydroxylation sites is 1. The van der Waals surface area contributed by atoms with Crippen LogP contribution in [0.5, 0.6) is 0 Å². The van der Waals surface area contributed by atoms with Crippen molar-refractivity contribution in [1.29, 1.82) is 0 Å². The molecule has 0 radical (unpaired) electrons. The smallest absolute Gasteiger partial charge is 0.261 e. The van der Waals surface area contributed by atoms with E-state index in [9.17, 15) is 19.5 Å². The number of hydrazine groups is 1. The van der Waals surface area contributed by atoms with Crippen LogP contribution in [0.4, 0.5) is 5.69 Å². The third-order valence-electron chi connectivity index (χ3n) is 5.82. The van der Waals surface area contributed by atoms with Gasteiger partial charge in [-0.15, -0.1) is 0 Å². The summed E-state index contributed by atoms with van der Waals surface area (Å²) in [6.45, 7) is 8.85. The van der Waals surface area contributed by atoms with Gasteiger partial charge in [-0.1, -0.05) is 70.2 Å². The summed E-state index contributed by atoms with van der Waals surface area (Å²) in [7, 11) is 0. The average Bonchev–Trinajstić information content (AvgIpc) is 2.86. The van der Waals surface area contributed by atoms with Crippen molar-refractivity contribution in [1.82, 2.24) is 10.7 Å². The normalized spacial score (nSPS) is 17.3. The molecule has 0 aromatic heterocycles. The zero-order chi connectivity index (χ0) is 23.6. The van der Waals surface area contributed by atoms with Gasteiger partial charge in [0.25, 0.3) is 11.8 Å². The first-order valence-corrected chi connectivity index (χ1v) is 10.9. The molecule has 7 heteroatoms. The highest BCUT2D eigenvalue weighted by atomic mass is 16.3. The number of benzene rings is 2. The number of carbonyl (C=O) groups is 3. The van der Waals surface area contributed by atoms with E-state index < -0.39 is 29.9 Å². The number of rotatable bonds is 6. The van der Waals surface area contributed by atoms with Crippen LogP contribution in [0.1, 0.15) is 46.1 Å². The highest BCUT2D eigenvalue weighted by Crippen LogP contribution is 2.39. The summed E-state index contributed by atoms with van der Waals surface area (Å²) in [4.78, 5) is 39.0. The van der Waals surface area contributed by atoms with Crippen molar-refractivity contribution < 1.29 is 19.5 Å². The molecule has 170 valence electrons. The van der Waals surface area contributed by atoms with Crippen LogP contribution in [0, 0.1) is 11.8 Å². The summed E-state index contributed by atoms with van der Waals surface area (Å²) in [5.74, 6) is -2.43. The average molecular weight is 438 g/mol. The van der Waals surface area contributed by atoms with Crippen molar-refractivity contribution >= 4 is 23.4 Å². The van der Waals surface area contributed by atoms with Crippen molar-refractivity contribution in [2.24, 2.45) is 11.8 Å². The summed E-state index contributed by atoms with van der Waals surface area (Å²) in [6.07, 6.45) is -1.22. The van der Waals surface area contributed by atoms with E-state index in [1.165, 1.54) is 5.01 Å². The van der Waals surface area contributed by atoms with Gasteiger partial charge in [-0.3, -0.25) is 19.8 Å². The molecule has 1 aliphatic rings. The first-order valence-electron chi connectivity index (χ1n) is 10.9. The highest BCUT2D eigenvalue weighted by molar-refractivity contribution is 6.07. The van der Waals surface area contributed by atoms with Crippen LogP contribution in [0.25, 0.3) is 11.1 Å². The number of hydrogen-bond acceptors (Lipinski definition) is 4. The third kappa shape index (κ3) is 4.53. The molecule has 1 heterocycles. The minimum atomic E-state index is -1.22. The molecule has 2 aromatic rings. The van der Waals surface area contributed by atoms with E-state index >= 15 is 0 Å². The molecular formula is C25H31N3O4. The largest absolute Gasteiger partial charge is 0.383 e. The summed E-state index contributed by atoms with van der Waals surface area (Å²) < 4.78 is 0. The summed E-state index contributed by atoms with van der Waals surface area (Å²) in [5, 5.41) is 14.0. The maximum Gasteiger partial charge on any atom is 0.261 e. The number of aliphatic hydroxyl groups is 1. The molecule has 0 spiro atoms. The second-order valence-electron chi connectivity index (χ2n) is 8.89. The maximum absolute atomic E-state index is 13.4. The standard InChI is InChI=1S/C25H31N3O4/c1-14(2)21(26-24(31)22(29)15(3)4)23(30)27-28-20-13-9-8-12-19(20)18-11-7-6-10-17(18)16(5)25(28)32/h6-16,21-22,29H,1-5H3,(H,26,31)(H,27,30)/t16?,21-,22?/m0/s1. The van der Waals surface area contributed by atoms with Crippen LogP contribution in [0.15, 0.2) is 48.5 Å². The van der Waals surface area contributed by atoms with Gasteiger partial charge in [0.2, 0.25) is 5.91 Å². The molecule has 0 saturated heterocycles. The Labute approximate surface area is 188 Å². The van der Waals surface area contributed by atoms with E-state index in [1.807, 2.05) is 49.4 Å². The quantitative estimate of drug-likeness (QED) is 0.647. The summed E-state index contributed by atoms with van der Waals surface area (Å²) in [5.41, 5.74) is 5.96. The number of nitrogens with one attached hydrogen (secondary N) is 2. The summed E-state index contributed by atoms with van der Waals surface area (Å²) in [6, 6.07) is 14.2. The van der Waals surface area contributed by atoms with Gasteiger partial charge < -0.3 is 10.4 Å². The van der Waals surface area contributed by atoms with Crippen molar-refractivity contribution in [3.8, 4) is 11.1 Å². The lowest BCUT2D eigenvalue weighted by atomic mass is 9.92. The number of carbonyl (C=O) groups excluding carboxylic acids is 3. The molecule has 7 nitrogen and oxygen atoms in total. The third-order valence-corrected chi connectivity index (χ3v) is 5.82. The van der Waals surface area contributed by atoms with Gasteiger partial charge in [-0.05, 0) is 36.0 Å². The van der Waals surface area contributed by atoms with Crippen LogP contribution < -0.4 is 15.8 Å². The Morgan fingerprint density at radius 1 is 0.906 bits per heavy atom. The molecule has 3 amide bonds. The number of hydrogen-bond donors (Lipinski definition) is 3. The number of aliphatic hydroxyl groups excluding tert-OH is 1. The van der Waals surface area contributed by atoms with Crippen molar-refractivity contribution in [2.45, 2.75) is 52.7 Å². The Hall–Kier alpha value is -3.19. The lowest BCUT2D eigenvalue weighted by Gasteiger charge is -2.29. The molecule has 2 aromatic carbocycles. The van der Waals surface area contributed by atoms with Gasteiger partial charge in [-0.25, -0.2) is 5.01 Å². The molecule has 0 bridgehead atoms. The van der Waals surface area contributed by atoms with Gasteiger partial charge in [-0.2, -0.15) is 0 Å². The minimum Gasteiger partial charge on any atom is -0.383 e. The van der Waals surface area contributed by atoms with Gasteiger partial charge >= 0.3 is 0 Å².